The van der Waals surface area contributed by atoms with Crippen LogP contribution in [0.5, 0.6) is 0 Å². The summed E-state index contributed by atoms with van der Waals surface area (Å²) < 4.78 is 0. The maximum atomic E-state index is 11.7. The Balaban J connectivity index is 2.50. The van der Waals surface area contributed by atoms with Crippen LogP contribution in [0.1, 0.15) is 13.8 Å². The van der Waals surface area contributed by atoms with Gasteiger partial charge in [0, 0.05) is 10.9 Å². The van der Waals surface area contributed by atoms with Crippen LogP contribution in [-0.4, -0.2) is 28.1 Å². The molecule has 1 amide bonds. The highest BCUT2D eigenvalue weighted by molar-refractivity contribution is 8.00. The second kappa shape index (κ2) is 6.87. The van der Waals surface area contributed by atoms with Gasteiger partial charge < -0.3 is 16.2 Å². The summed E-state index contributed by atoms with van der Waals surface area (Å²) in [5.41, 5.74) is 6.65. The van der Waals surface area contributed by atoms with E-state index in [1.807, 2.05) is 6.92 Å². The molecule has 4 nitrogen and oxygen atoms in total. The fourth-order valence-corrected chi connectivity index (χ4v) is 2.17. The second-order valence-electron chi connectivity index (χ2n) is 4.04. The molecule has 0 aliphatic rings. The number of halogens is 1. The molecule has 0 fully saturated rings. The van der Waals surface area contributed by atoms with Gasteiger partial charge in [-0.1, -0.05) is 18.5 Å². The molecule has 18 heavy (non-hydrogen) atoms. The Morgan fingerprint density at radius 2 is 2.22 bits per heavy atom. The number of thioether (sulfide) groups is 1. The quantitative estimate of drug-likeness (QED) is 0.727. The van der Waals surface area contributed by atoms with Gasteiger partial charge in [-0.3, -0.25) is 4.79 Å². The predicted octanol–water partition coefficient (Wildman–Crippen LogP) is 2.36. The molecule has 1 aromatic rings. The first kappa shape index (κ1) is 15.1. The van der Waals surface area contributed by atoms with Crippen molar-refractivity contribution in [2.24, 2.45) is 0 Å². The topological polar surface area (TPSA) is 75.3 Å². The van der Waals surface area contributed by atoms with Gasteiger partial charge in [-0.15, -0.1) is 11.8 Å². The summed E-state index contributed by atoms with van der Waals surface area (Å²) >= 11 is 7.34. The van der Waals surface area contributed by atoms with Gasteiger partial charge in [0.1, 0.15) is 0 Å². The Morgan fingerprint density at radius 1 is 1.56 bits per heavy atom. The highest BCUT2D eigenvalue weighted by atomic mass is 35.5. The fraction of sp³-hybridized carbons (Fsp3) is 0.417. The number of nitrogens with one attached hydrogen (secondary N) is 1. The highest BCUT2D eigenvalue weighted by Gasteiger charge is 2.12. The summed E-state index contributed by atoms with van der Waals surface area (Å²) in [5, 5.41) is 12.4. The number of hydrogen-bond donors (Lipinski definition) is 3. The van der Waals surface area contributed by atoms with Crippen molar-refractivity contribution in [3.63, 3.8) is 0 Å². The molecule has 1 aromatic carbocycles. The molecule has 2 unspecified atom stereocenters. The summed E-state index contributed by atoms with van der Waals surface area (Å²) in [5.74, 6) is 0.117. The molecule has 0 saturated carbocycles. The largest absolute Gasteiger partial charge is 0.399 e. The van der Waals surface area contributed by atoms with E-state index < -0.39 is 6.10 Å². The van der Waals surface area contributed by atoms with E-state index in [0.717, 1.165) is 0 Å². The minimum Gasteiger partial charge on any atom is -0.399 e. The zero-order chi connectivity index (χ0) is 13.7. The Bertz CT molecular complexity index is 427. The van der Waals surface area contributed by atoms with Crippen LogP contribution in [0.25, 0.3) is 0 Å². The van der Waals surface area contributed by atoms with E-state index in [2.05, 4.69) is 5.32 Å². The number of hydrogen-bond acceptors (Lipinski definition) is 4. The molecule has 0 aliphatic carbocycles. The van der Waals surface area contributed by atoms with Crippen molar-refractivity contribution < 1.29 is 9.90 Å². The van der Waals surface area contributed by atoms with Gasteiger partial charge in [-0.2, -0.15) is 0 Å². The third-order valence-electron chi connectivity index (χ3n) is 2.42. The molecule has 0 aromatic heterocycles. The van der Waals surface area contributed by atoms with E-state index in [0.29, 0.717) is 16.4 Å². The number of benzene rings is 1. The number of nitrogens with two attached hydrogens (primary N) is 1. The van der Waals surface area contributed by atoms with Crippen LogP contribution in [-0.2, 0) is 4.79 Å². The first-order valence-corrected chi connectivity index (χ1v) is 6.97. The van der Waals surface area contributed by atoms with Gasteiger partial charge in [0.05, 0.1) is 22.6 Å². The van der Waals surface area contributed by atoms with Crippen LogP contribution < -0.4 is 11.1 Å². The number of anilines is 2. The van der Waals surface area contributed by atoms with Crippen LogP contribution in [0.2, 0.25) is 5.02 Å². The van der Waals surface area contributed by atoms with Gasteiger partial charge in [0.2, 0.25) is 5.91 Å². The summed E-state index contributed by atoms with van der Waals surface area (Å²) in [7, 11) is 0. The number of amides is 1. The van der Waals surface area contributed by atoms with Crippen LogP contribution in [0.4, 0.5) is 11.4 Å². The lowest BCUT2D eigenvalue weighted by atomic mass is 10.3. The third kappa shape index (κ3) is 4.76. The van der Waals surface area contributed by atoms with E-state index in [1.54, 1.807) is 25.1 Å². The maximum Gasteiger partial charge on any atom is 0.234 e. The lowest BCUT2D eigenvalue weighted by molar-refractivity contribution is -0.113. The van der Waals surface area contributed by atoms with E-state index in [1.165, 1.54) is 11.8 Å². The predicted molar refractivity (Wildman–Crippen MR) is 78.1 cm³/mol. The number of nitrogen functional groups attached to an aromatic ring is 1. The van der Waals surface area contributed by atoms with Gasteiger partial charge in [0.25, 0.3) is 0 Å². The summed E-state index contributed by atoms with van der Waals surface area (Å²) in [4.78, 5) is 11.7. The molecule has 4 N–H and O–H groups in total. The van der Waals surface area contributed by atoms with Crippen LogP contribution >= 0.6 is 23.4 Å². The molecule has 6 heteroatoms. The monoisotopic (exact) mass is 288 g/mol. The average molecular weight is 289 g/mol. The zero-order valence-electron chi connectivity index (χ0n) is 10.3. The number of aliphatic hydroxyl groups is 1. The molecule has 1 rings (SSSR count). The minimum absolute atomic E-state index is 0.0117. The van der Waals surface area contributed by atoms with Crippen LogP contribution in [0.3, 0.4) is 0 Å². The fourth-order valence-electron chi connectivity index (χ4n) is 1.17. The van der Waals surface area contributed by atoms with Crippen LogP contribution in [0, 0.1) is 0 Å². The minimum atomic E-state index is -0.442. The van der Waals surface area contributed by atoms with E-state index in [4.69, 9.17) is 17.3 Å². The molecule has 2 atom stereocenters. The van der Waals surface area contributed by atoms with Crippen LogP contribution in [0.15, 0.2) is 18.2 Å². The molecule has 0 heterocycles. The lowest BCUT2D eigenvalue weighted by Crippen LogP contribution is -2.20. The summed E-state index contributed by atoms with van der Waals surface area (Å²) in [6.07, 6.45) is -0.442. The van der Waals surface area contributed by atoms with Gasteiger partial charge in [0.15, 0.2) is 0 Å². The summed E-state index contributed by atoms with van der Waals surface area (Å²) in [6.45, 7) is 3.57. The first-order chi connectivity index (χ1) is 8.40. The van der Waals surface area contributed by atoms with E-state index >= 15 is 0 Å². The van der Waals surface area contributed by atoms with Crippen molar-refractivity contribution in [3.8, 4) is 0 Å². The normalized spacial score (nSPS) is 14.0. The number of carbonyl (C=O) groups is 1. The van der Waals surface area contributed by atoms with Crippen molar-refractivity contribution >= 4 is 40.6 Å². The lowest BCUT2D eigenvalue weighted by Gasteiger charge is -2.14. The number of carbonyl (C=O) groups excluding carboxylic acids is 1. The summed E-state index contributed by atoms with van der Waals surface area (Å²) in [6, 6.07) is 4.92. The molecule has 0 spiro atoms. The number of aliphatic hydroxyl groups excluding tert-OH is 1. The molecule has 0 aliphatic heterocycles. The SMILES string of the molecule is CC(O)C(C)SCC(=O)Nc1ccc(N)cc1Cl. The zero-order valence-corrected chi connectivity index (χ0v) is 11.9. The Kier molecular flexibility index (Phi) is 5.78. The Labute approximate surface area is 116 Å². The third-order valence-corrected chi connectivity index (χ3v) is 4.09. The highest BCUT2D eigenvalue weighted by Crippen LogP contribution is 2.24. The van der Waals surface area contributed by atoms with Crippen molar-refractivity contribution in [3.05, 3.63) is 23.2 Å². The van der Waals surface area contributed by atoms with Crippen molar-refractivity contribution in [2.75, 3.05) is 16.8 Å². The maximum absolute atomic E-state index is 11.7. The van der Waals surface area contributed by atoms with E-state index in [9.17, 15) is 9.90 Å². The smallest absolute Gasteiger partial charge is 0.234 e. The average Bonchev–Trinajstić information content (AvgIpc) is 2.29. The molecule has 0 saturated heterocycles. The standard InChI is InChI=1S/C12H17ClN2O2S/c1-7(16)8(2)18-6-12(17)15-11-4-3-9(14)5-10(11)13/h3-5,7-8,16H,6,14H2,1-2H3,(H,15,17). The van der Waals surface area contributed by atoms with Gasteiger partial charge in [-0.25, -0.2) is 0 Å². The Morgan fingerprint density at radius 3 is 2.78 bits per heavy atom. The molecule has 100 valence electrons. The molecular formula is C12H17ClN2O2S. The Hall–Kier alpha value is -0.910. The second-order valence-corrected chi connectivity index (χ2v) is 5.82. The van der Waals surface area contributed by atoms with Crippen molar-refractivity contribution in [2.45, 2.75) is 25.2 Å². The molecule has 0 radical (unpaired) electrons. The van der Waals surface area contributed by atoms with Crippen molar-refractivity contribution in [1.29, 1.82) is 0 Å². The molecular weight excluding hydrogens is 272 g/mol. The molecule has 0 bridgehead atoms. The van der Waals surface area contributed by atoms with E-state index in [-0.39, 0.29) is 16.9 Å². The van der Waals surface area contributed by atoms with Gasteiger partial charge >= 0.3 is 0 Å². The first-order valence-electron chi connectivity index (χ1n) is 5.54. The number of rotatable bonds is 5. The van der Waals surface area contributed by atoms with Crippen molar-refractivity contribution in [1.82, 2.24) is 0 Å². The van der Waals surface area contributed by atoms with Gasteiger partial charge in [-0.05, 0) is 25.1 Å².